The summed E-state index contributed by atoms with van der Waals surface area (Å²) in [5.74, 6) is 0.303. The topological polar surface area (TPSA) is 52.6 Å². The van der Waals surface area contributed by atoms with E-state index >= 15 is 0 Å². The predicted octanol–water partition coefficient (Wildman–Crippen LogP) is 7.17. The quantitative estimate of drug-likeness (QED) is 0.166. The van der Waals surface area contributed by atoms with Crippen LogP contribution in [0.5, 0.6) is 11.5 Å². The van der Waals surface area contributed by atoms with Crippen molar-refractivity contribution in [1.29, 1.82) is 0 Å². The number of hydrogen-bond donors (Lipinski definition) is 0. The minimum atomic E-state index is -0.262. The molecule has 0 saturated heterocycles. The van der Waals surface area contributed by atoms with Gasteiger partial charge in [0.2, 0.25) is 0 Å². The third kappa shape index (κ3) is 11.1. The number of benzene rings is 1. The normalized spacial score (nSPS) is 10.7. The van der Waals surface area contributed by atoms with E-state index < -0.39 is 0 Å². The van der Waals surface area contributed by atoms with Crippen molar-refractivity contribution >= 4 is 11.9 Å². The summed E-state index contributed by atoms with van der Waals surface area (Å²) < 4.78 is 11.3. The van der Waals surface area contributed by atoms with E-state index in [0.29, 0.717) is 24.3 Å². The molecule has 0 aliphatic carbocycles. The lowest BCUT2D eigenvalue weighted by atomic mass is 10.0. The van der Waals surface area contributed by atoms with Crippen LogP contribution >= 0.6 is 0 Å². The van der Waals surface area contributed by atoms with Crippen LogP contribution in [0.15, 0.2) is 18.2 Å². The third-order valence-corrected chi connectivity index (χ3v) is 5.02. The average Bonchev–Trinajstić information content (AvgIpc) is 2.70. The molecule has 0 aromatic heterocycles. The first-order valence-electron chi connectivity index (χ1n) is 11.7. The van der Waals surface area contributed by atoms with Crippen LogP contribution in [0, 0.1) is 0 Å². The van der Waals surface area contributed by atoms with Gasteiger partial charge in [-0.25, -0.2) is 0 Å². The smallest absolute Gasteiger partial charge is 0.311 e. The minimum Gasteiger partial charge on any atom is -0.423 e. The number of carbonyl (C=O) groups is 2. The molecule has 0 radical (unpaired) electrons. The van der Waals surface area contributed by atoms with Crippen LogP contribution in [0.25, 0.3) is 0 Å². The molecule has 0 bridgehead atoms. The first-order chi connectivity index (χ1) is 14.1. The van der Waals surface area contributed by atoms with E-state index in [4.69, 9.17) is 9.47 Å². The second-order valence-electron chi connectivity index (χ2n) is 7.77. The van der Waals surface area contributed by atoms with Crippen LogP contribution in [0.2, 0.25) is 0 Å². The number of hydrogen-bond acceptors (Lipinski definition) is 4. The number of aryl methyl sites for hydroxylation is 1. The second-order valence-corrected chi connectivity index (χ2v) is 7.77. The molecule has 164 valence electrons. The Balaban J connectivity index is 2.83. The van der Waals surface area contributed by atoms with E-state index in [9.17, 15) is 9.59 Å². The molecule has 1 rings (SSSR count). The fourth-order valence-corrected chi connectivity index (χ4v) is 3.25. The Kier molecular flexibility index (Phi) is 13.9. The Labute approximate surface area is 177 Å². The molecule has 1 aromatic rings. The van der Waals surface area contributed by atoms with E-state index in [1.165, 1.54) is 19.3 Å². The van der Waals surface area contributed by atoms with Crippen LogP contribution in [-0.4, -0.2) is 11.9 Å². The Morgan fingerprint density at radius 1 is 0.690 bits per heavy atom. The van der Waals surface area contributed by atoms with Crippen molar-refractivity contribution in [2.75, 3.05) is 0 Å². The lowest BCUT2D eigenvalue weighted by molar-refractivity contribution is -0.137. The average molecular weight is 405 g/mol. The lowest BCUT2D eigenvalue weighted by Crippen LogP contribution is -2.13. The summed E-state index contributed by atoms with van der Waals surface area (Å²) in [5.41, 5.74) is 0.948. The zero-order chi connectivity index (χ0) is 21.3. The van der Waals surface area contributed by atoms with E-state index in [1.807, 2.05) is 12.1 Å². The number of unbranched alkanes of at least 4 members (excludes halogenated alkanes) is 8. The Morgan fingerprint density at radius 3 is 1.86 bits per heavy atom. The highest BCUT2D eigenvalue weighted by Gasteiger charge is 2.17. The van der Waals surface area contributed by atoms with E-state index in [-0.39, 0.29) is 11.9 Å². The molecule has 0 saturated carbocycles. The number of para-hydroxylation sites is 1. The summed E-state index contributed by atoms with van der Waals surface area (Å²) >= 11 is 0. The van der Waals surface area contributed by atoms with Crippen LogP contribution in [-0.2, 0) is 16.0 Å². The standard InChI is InChI=1S/C25H40O4/c1-4-7-10-11-14-16-21-17-15-18-22(28-23(26)19-12-8-5-2)25(21)29-24(27)20-13-9-6-3/h15,17-18H,4-14,16,19-20H2,1-3H3. The molecule has 4 nitrogen and oxygen atoms in total. The van der Waals surface area contributed by atoms with Gasteiger partial charge in [-0.2, -0.15) is 0 Å². The number of rotatable bonds is 16. The Bertz CT molecular complexity index is 594. The van der Waals surface area contributed by atoms with Crippen molar-refractivity contribution in [3.63, 3.8) is 0 Å². The molecule has 4 heteroatoms. The maximum atomic E-state index is 12.3. The largest absolute Gasteiger partial charge is 0.423 e. The van der Waals surface area contributed by atoms with E-state index in [1.54, 1.807) is 6.07 Å². The van der Waals surface area contributed by atoms with Crippen LogP contribution in [0.3, 0.4) is 0 Å². The van der Waals surface area contributed by atoms with Gasteiger partial charge in [-0.15, -0.1) is 0 Å². The van der Waals surface area contributed by atoms with Crippen LogP contribution < -0.4 is 9.47 Å². The molecular weight excluding hydrogens is 364 g/mol. The summed E-state index contributed by atoms with van der Waals surface area (Å²) in [6.45, 7) is 6.41. The summed E-state index contributed by atoms with van der Waals surface area (Å²) in [5, 5.41) is 0. The van der Waals surface area contributed by atoms with Gasteiger partial charge >= 0.3 is 11.9 Å². The molecular formula is C25H40O4. The van der Waals surface area contributed by atoms with Gasteiger partial charge in [0.15, 0.2) is 11.5 Å². The SMILES string of the molecule is CCCCCCCc1cccc(OC(=O)CCCCC)c1OC(=O)CCCCC. The zero-order valence-electron chi connectivity index (χ0n) is 18.8. The molecule has 0 N–H and O–H groups in total. The third-order valence-electron chi connectivity index (χ3n) is 5.02. The summed E-state index contributed by atoms with van der Waals surface area (Å²) in [6.07, 6.45) is 13.2. The van der Waals surface area contributed by atoms with Crippen molar-refractivity contribution in [2.24, 2.45) is 0 Å². The van der Waals surface area contributed by atoms with Gasteiger partial charge in [-0.3, -0.25) is 9.59 Å². The van der Waals surface area contributed by atoms with Gasteiger partial charge in [0.05, 0.1) is 0 Å². The Morgan fingerprint density at radius 2 is 1.24 bits per heavy atom. The van der Waals surface area contributed by atoms with Crippen LogP contribution in [0.1, 0.15) is 110 Å². The maximum Gasteiger partial charge on any atom is 0.311 e. The first kappa shape index (κ1) is 25.2. The van der Waals surface area contributed by atoms with E-state index in [0.717, 1.165) is 63.4 Å². The predicted molar refractivity (Wildman–Crippen MR) is 118 cm³/mol. The number of ether oxygens (including phenoxy) is 2. The van der Waals surface area contributed by atoms with Gasteiger partial charge in [-0.05, 0) is 37.3 Å². The van der Waals surface area contributed by atoms with Crippen molar-refractivity contribution in [1.82, 2.24) is 0 Å². The lowest BCUT2D eigenvalue weighted by Gasteiger charge is -2.15. The number of esters is 2. The molecule has 0 amide bonds. The molecule has 0 atom stereocenters. The molecule has 0 unspecified atom stereocenters. The summed E-state index contributed by atoms with van der Waals surface area (Å²) in [6, 6.07) is 5.58. The molecule has 29 heavy (non-hydrogen) atoms. The van der Waals surface area contributed by atoms with Crippen LogP contribution in [0.4, 0.5) is 0 Å². The highest BCUT2D eigenvalue weighted by Crippen LogP contribution is 2.33. The zero-order valence-corrected chi connectivity index (χ0v) is 18.8. The second kappa shape index (κ2) is 16.0. The van der Waals surface area contributed by atoms with Gasteiger partial charge in [-0.1, -0.05) is 84.3 Å². The molecule has 0 heterocycles. The van der Waals surface area contributed by atoms with Gasteiger partial charge in [0.25, 0.3) is 0 Å². The highest BCUT2D eigenvalue weighted by atomic mass is 16.6. The molecule has 0 fully saturated rings. The minimum absolute atomic E-state index is 0.250. The van der Waals surface area contributed by atoms with Crippen molar-refractivity contribution in [3.05, 3.63) is 23.8 Å². The summed E-state index contributed by atoms with van der Waals surface area (Å²) in [4.78, 5) is 24.6. The summed E-state index contributed by atoms with van der Waals surface area (Å²) in [7, 11) is 0. The fourth-order valence-electron chi connectivity index (χ4n) is 3.25. The number of carbonyl (C=O) groups excluding carboxylic acids is 2. The maximum absolute atomic E-state index is 12.3. The fraction of sp³-hybridized carbons (Fsp3) is 0.680. The van der Waals surface area contributed by atoms with Crippen molar-refractivity contribution in [3.8, 4) is 11.5 Å². The van der Waals surface area contributed by atoms with Gasteiger partial charge < -0.3 is 9.47 Å². The first-order valence-corrected chi connectivity index (χ1v) is 11.7. The molecule has 0 aliphatic rings. The van der Waals surface area contributed by atoms with Crippen molar-refractivity contribution in [2.45, 2.75) is 111 Å². The molecule has 0 spiro atoms. The van der Waals surface area contributed by atoms with Gasteiger partial charge in [0.1, 0.15) is 0 Å². The Hall–Kier alpha value is -1.84. The highest BCUT2D eigenvalue weighted by molar-refractivity contribution is 5.76. The van der Waals surface area contributed by atoms with Gasteiger partial charge in [0, 0.05) is 12.8 Å². The van der Waals surface area contributed by atoms with Crippen molar-refractivity contribution < 1.29 is 19.1 Å². The van der Waals surface area contributed by atoms with E-state index in [2.05, 4.69) is 20.8 Å². The molecule has 0 aliphatic heterocycles. The molecule has 1 aromatic carbocycles. The monoisotopic (exact) mass is 404 g/mol.